The van der Waals surface area contributed by atoms with E-state index in [1.807, 2.05) is 19.0 Å². The first-order valence-corrected chi connectivity index (χ1v) is 6.75. The zero-order chi connectivity index (χ0) is 12.3. The average molecular weight is 243 g/mol. The van der Waals surface area contributed by atoms with Crippen molar-refractivity contribution in [1.82, 2.24) is 4.90 Å². The van der Waals surface area contributed by atoms with Gasteiger partial charge in [-0.25, -0.2) is 8.42 Å². The first-order valence-electron chi connectivity index (χ1n) is 4.86. The molecule has 0 aliphatic carbocycles. The van der Waals surface area contributed by atoms with Gasteiger partial charge in [-0.3, -0.25) is 0 Å². The van der Waals surface area contributed by atoms with Gasteiger partial charge in [0.25, 0.3) is 0 Å². The van der Waals surface area contributed by atoms with Gasteiger partial charge in [-0.2, -0.15) is 0 Å². The number of rotatable bonds is 4. The van der Waals surface area contributed by atoms with Gasteiger partial charge in [-0.1, -0.05) is 6.07 Å². The highest BCUT2D eigenvalue weighted by Gasteiger charge is 2.11. The quantitative estimate of drug-likeness (QED) is 0.796. The Labute approximate surface area is 96.8 Å². The van der Waals surface area contributed by atoms with E-state index in [1.165, 1.54) is 6.26 Å². The number of nitrogens with zero attached hydrogens (tertiary/aromatic N) is 1. The highest BCUT2D eigenvalue weighted by Crippen LogP contribution is 2.23. The van der Waals surface area contributed by atoms with E-state index in [9.17, 15) is 8.42 Å². The number of benzene rings is 1. The third kappa shape index (κ3) is 3.21. The van der Waals surface area contributed by atoms with Gasteiger partial charge in [-0.15, -0.1) is 0 Å². The highest BCUT2D eigenvalue weighted by atomic mass is 32.2. The molecule has 1 rings (SSSR count). The van der Waals surface area contributed by atoms with Gasteiger partial charge in [0.15, 0.2) is 9.84 Å². The monoisotopic (exact) mass is 243 g/mol. The largest absolute Gasteiger partial charge is 0.496 e. The summed E-state index contributed by atoms with van der Waals surface area (Å²) in [5.41, 5.74) is 0.972. The second-order valence-electron chi connectivity index (χ2n) is 3.98. The van der Waals surface area contributed by atoms with Gasteiger partial charge in [0.05, 0.1) is 12.0 Å². The molecule has 0 saturated carbocycles. The molecule has 0 fully saturated rings. The van der Waals surface area contributed by atoms with Crippen molar-refractivity contribution in [3.63, 3.8) is 0 Å². The summed E-state index contributed by atoms with van der Waals surface area (Å²) in [5, 5.41) is 0. The van der Waals surface area contributed by atoms with Gasteiger partial charge in [0, 0.05) is 18.4 Å². The SMILES string of the molecule is COc1cc(S(C)(=O)=O)ccc1CN(C)C. The summed E-state index contributed by atoms with van der Waals surface area (Å²) in [4.78, 5) is 2.28. The number of sulfone groups is 1. The fourth-order valence-corrected chi connectivity index (χ4v) is 2.06. The highest BCUT2D eigenvalue weighted by molar-refractivity contribution is 7.90. The van der Waals surface area contributed by atoms with Crippen LogP contribution in [0.3, 0.4) is 0 Å². The molecule has 0 N–H and O–H groups in total. The van der Waals surface area contributed by atoms with Crippen LogP contribution in [-0.2, 0) is 16.4 Å². The van der Waals surface area contributed by atoms with E-state index >= 15 is 0 Å². The Morgan fingerprint density at radius 3 is 2.38 bits per heavy atom. The molecule has 4 nitrogen and oxygen atoms in total. The number of hydrogen-bond donors (Lipinski definition) is 0. The summed E-state index contributed by atoms with van der Waals surface area (Å²) in [6, 6.07) is 4.96. The Bertz CT molecular complexity index is 466. The molecule has 1 aromatic carbocycles. The summed E-state index contributed by atoms with van der Waals surface area (Å²) in [7, 11) is 2.26. The molecule has 0 radical (unpaired) electrons. The van der Waals surface area contributed by atoms with Gasteiger partial charge < -0.3 is 9.64 Å². The molecule has 0 spiro atoms. The molecule has 16 heavy (non-hydrogen) atoms. The van der Waals surface area contributed by atoms with E-state index in [1.54, 1.807) is 25.3 Å². The molecular weight excluding hydrogens is 226 g/mol. The lowest BCUT2D eigenvalue weighted by molar-refractivity contribution is 0.371. The second-order valence-corrected chi connectivity index (χ2v) is 6.00. The molecule has 0 atom stereocenters. The topological polar surface area (TPSA) is 46.6 Å². The average Bonchev–Trinajstić information content (AvgIpc) is 2.15. The van der Waals surface area contributed by atoms with E-state index in [0.29, 0.717) is 12.3 Å². The summed E-state index contributed by atoms with van der Waals surface area (Å²) >= 11 is 0. The van der Waals surface area contributed by atoms with E-state index in [0.717, 1.165) is 5.56 Å². The molecule has 0 amide bonds. The minimum Gasteiger partial charge on any atom is -0.496 e. The maximum atomic E-state index is 11.4. The third-order valence-electron chi connectivity index (χ3n) is 2.17. The van der Waals surface area contributed by atoms with Gasteiger partial charge >= 0.3 is 0 Å². The van der Waals surface area contributed by atoms with Crippen LogP contribution in [0.2, 0.25) is 0 Å². The minimum absolute atomic E-state index is 0.284. The predicted octanol–water partition coefficient (Wildman–Crippen LogP) is 1.16. The molecule has 0 bridgehead atoms. The Kier molecular flexibility index (Phi) is 3.93. The van der Waals surface area contributed by atoms with E-state index < -0.39 is 9.84 Å². The van der Waals surface area contributed by atoms with Crippen molar-refractivity contribution in [3.05, 3.63) is 23.8 Å². The summed E-state index contributed by atoms with van der Waals surface area (Å²) < 4.78 is 27.9. The third-order valence-corrected chi connectivity index (χ3v) is 3.28. The maximum Gasteiger partial charge on any atom is 0.175 e. The maximum absolute atomic E-state index is 11.4. The van der Waals surface area contributed by atoms with Gasteiger partial charge in [0.1, 0.15) is 5.75 Å². The predicted molar refractivity (Wildman–Crippen MR) is 63.5 cm³/mol. The molecule has 0 aromatic heterocycles. The lowest BCUT2D eigenvalue weighted by Gasteiger charge is -2.14. The standard InChI is InChI=1S/C11H17NO3S/c1-12(2)8-9-5-6-10(16(4,13)14)7-11(9)15-3/h5-7H,8H2,1-4H3. The Hall–Kier alpha value is -1.07. The summed E-state index contributed by atoms with van der Waals surface area (Å²) in [5.74, 6) is 0.608. The number of hydrogen-bond acceptors (Lipinski definition) is 4. The Morgan fingerprint density at radius 1 is 1.31 bits per heavy atom. The van der Waals surface area contributed by atoms with Crippen molar-refractivity contribution in [2.45, 2.75) is 11.4 Å². The first kappa shape index (κ1) is 13.0. The normalized spacial score (nSPS) is 11.8. The summed E-state index contributed by atoms with van der Waals surface area (Å²) in [6.45, 7) is 0.715. The van der Waals surface area contributed by atoms with Crippen LogP contribution in [0.4, 0.5) is 0 Å². The molecular formula is C11H17NO3S. The molecule has 1 aromatic rings. The van der Waals surface area contributed by atoms with Crippen molar-refractivity contribution in [3.8, 4) is 5.75 Å². The van der Waals surface area contributed by atoms with E-state index in [2.05, 4.69) is 0 Å². The van der Waals surface area contributed by atoms with Crippen LogP contribution in [0, 0.1) is 0 Å². The molecule has 0 heterocycles. The van der Waals surface area contributed by atoms with Crippen molar-refractivity contribution < 1.29 is 13.2 Å². The zero-order valence-corrected chi connectivity index (χ0v) is 10.8. The van der Waals surface area contributed by atoms with Crippen LogP contribution in [0.5, 0.6) is 5.75 Å². The number of methoxy groups -OCH3 is 1. The molecule has 0 aliphatic rings. The van der Waals surface area contributed by atoms with Crippen molar-refractivity contribution in [2.24, 2.45) is 0 Å². The van der Waals surface area contributed by atoms with Crippen LogP contribution in [0.1, 0.15) is 5.56 Å². The first-order chi connectivity index (χ1) is 7.34. The van der Waals surface area contributed by atoms with E-state index in [4.69, 9.17) is 4.74 Å². The van der Waals surface area contributed by atoms with Gasteiger partial charge in [-0.05, 0) is 26.2 Å². The summed E-state index contributed by atoms with van der Waals surface area (Å²) in [6.07, 6.45) is 1.19. The van der Waals surface area contributed by atoms with Crippen LogP contribution in [0.15, 0.2) is 23.1 Å². The van der Waals surface area contributed by atoms with Crippen LogP contribution in [0.25, 0.3) is 0 Å². The van der Waals surface area contributed by atoms with Crippen molar-refractivity contribution >= 4 is 9.84 Å². The van der Waals surface area contributed by atoms with Crippen LogP contribution < -0.4 is 4.74 Å². The van der Waals surface area contributed by atoms with Crippen LogP contribution >= 0.6 is 0 Å². The fraction of sp³-hybridized carbons (Fsp3) is 0.455. The molecule has 0 unspecified atom stereocenters. The molecule has 90 valence electrons. The lowest BCUT2D eigenvalue weighted by Crippen LogP contribution is -2.12. The van der Waals surface area contributed by atoms with Gasteiger partial charge in [0.2, 0.25) is 0 Å². The van der Waals surface area contributed by atoms with Crippen molar-refractivity contribution in [1.29, 1.82) is 0 Å². The van der Waals surface area contributed by atoms with Crippen molar-refractivity contribution in [2.75, 3.05) is 27.5 Å². The number of ether oxygens (including phenoxy) is 1. The Morgan fingerprint density at radius 2 is 1.94 bits per heavy atom. The van der Waals surface area contributed by atoms with E-state index in [-0.39, 0.29) is 4.90 Å². The lowest BCUT2D eigenvalue weighted by atomic mass is 10.2. The minimum atomic E-state index is -3.17. The smallest absolute Gasteiger partial charge is 0.175 e. The molecule has 0 saturated heterocycles. The molecule has 0 aliphatic heterocycles. The Balaban J connectivity index is 3.17. The fourth-order valence-electron chi connectivity index (χ4n) is 1.43. The van der Waals surface area contributed by atoms with Crippen LogP contribution in [-0.4, -0.2) is 40.8 Å². The zero-order valence-electron chi connectivity index (χ0n) is 10.0. The molecule has 5 heteroatoms. The second kappa shape index (κ2) is 4.84.